The van der Waals surface area contributed by atoms with Gasteiger partial charge in [-0.2, -0.15) is 13.2 Å². The lowest BCUT2D eigenvalue weighted by Crippen LogP contribution is -2.46. The summed E-state index contributed by atoms with van der Waals surface area (Å²) in [5.41, 5.74) is -0.502. The van der Waals surface area contributed by atoms with Gasteiger partial charge in [0, 0.05) is 6.04 Å². The molecule has 1 fully saturated rings. The van der Waals surface area contributed by atoms with Crippen LogP contribution in [0.5, 0.6) is 0 Å². The van der Waals surface area contributed by atoms with Crippen molar-refractivity contribution in [1.82, 2.24) is 4.90 Å². The molecule has 3 rings (SSSR count). The van der Waals surface area contributed by atoms with Gasteiger partial charge in [-0.15, -0.1) is 0 Å². The first-order valence-corrected chi connectivity index (χ1v) is 9.83. The van der Waals surface area contributed by atoms with Gasteiger partial charge in [-0.3, -0.25) is 0 Å². The van der Waals surface area contributed by atoms with Crippen LogP contribution in [0.4, 0.5) is 23.7 Å². The number of aliphatic hydroxyl groups is 1. The third-order valence-corrected chi connectivity index (χ3v) is 5.30. The van der Waals surface area contributed by atoms with Gasteiger partial charge < -0.3 is 15.3 Å². The van der Waals surface area contributed by atoms with E-state index in [0.717, 1.165) is 38.2 Å². The van der Waals surface area contributed by atoms with Crippen LogP contribution in [0.15, 0.2) is 54.6 Å². The van der Waals surface area contributed by atoms with E-state index in [1.54, 1.807) is 24.3 Å². The molecule has 7 heteroatoms. The van der Waals surface area contributed by atoms with E-state index in [9.17, 15) is 23.1 Å². The van der Waals surface area contributed by atoms with Crippen LogP contribution in [-0.2, 0) is 6.18 Å². The van der Waals surface area contributed by atoms with E-state index in [1.807, 2.05) is 6.07 Å². The number of hydrogen-bond acceptors (Lipinski definition) is 2. The zero-order valence-corrected chi connectivity index (χ0v) is 16.0. The summed E-state index contributed by atoms with van der Waals surface area (Å²) in [6.45, 7) is 0.0225. The number of nitrogens with zero attached hydrogens (tertiary/aromatic N) is 1. The number of amides is 2. The third-order valence-electron chi connectivity index (χ3n) is 5.30. The van der Waals surface area contributed by atoms with Crippen molar-refractivity contribution < 1.29 is 23.1 Å². The molecule has 0 heterocycles. The molecule has 2 aromatic carbocycles. The standard InChI is InChI=1S/C22H25F3N2O2/c23-22(24,25)18-13-7-8-14-19(18)26-21(29)27(17-11-5-2-6-12-17)15-20(28)16-9-3-1-4-10-16/h1,3-4,7-10,13-14,17,20,28H,2,5-6,11-12,15H2,(H,26,29). The predicted octanol–water partition coefficient (Wildman–Crippen LogP) is 5.61. The topological polar surface area (TPSA) is 52.6 Å². The molecule has 2 amide bonds. The summed E-state index contributed by atoms with van der Waals surface area (Å²) >= 11 is 0. The van der Waals surface area contributed by atoms with Crippen molar-refractivity contribution in [3.05, 3.63) is 65.7 Å². The summed E-state index contributed by atoms with van der Waals surface area (Å²) in [6, 6.07) is 13.1. The van der Waals surface area contributed by atoms with Crippen molar-refractivity contribution >= 4 is 11.7 Å². The van der Waals surface area contributed by atoms with Crippen LogP contribution in [0.1, 0.15) is 49.3 Å². The van der Waals surface area contributed by atoms with Crippen molar-refractivity contribution in [2.45, 2.75) is 50.4 Å². The number of alkyl halides is 3. The van der Waals surface area contributed by atoms with Crippen molar-refractivity contribution in [2.75, 3.05) is 11.9 Å². The molecule has 1 aliphatic rings. The van der Waals surface area contributed by atoms with Gasteiger partial charge in [0.05, 0.1) is 23.9 Å². The van der Waals surface area contributed by atoms with Crippen LogP contribution < -0.4 is 5.32 Å². The maximum absolute atomic E-state index is 13.3. The molecule has 4 nitrogen and oxygen atoms in total. The number of halogens is 3. The van der Waals surface area contributed by atoms with Gasteiger partial charge in [-0.05, 0) is 30.5 Å². The molecule has 0 radical (unpaired) electrons. The zero-order valence-electron chi connectivity index (χ0n) is 16.0. The van der Waals surface area contributed by atoms with Crippen LogP contribution in [0.3, 0.4) is 0 Å². The van der Waals surface area contributed by atoms with Gasteiger partial charge in [0.2, 0.25) is 0 Å². The van der Waals surface area contributed by atoms with Crippen molar-refractivity contribution in [3.63, 3.8) is 0 Å². The van der Waals surface area contributed by atoms with Crippen molar-refractivity contribution in [3.8, 4) is 0 Å². The molecule has 2 aromatic rings. The molecule has 0 bridgehead atoms. The second-order valence-electron chi connectivity index (χ2n) is 7.34. The molecule has 1 aliphatic carbocycles. The summed E-state index contributed by atoms with van der Waals surface area (Å²) < 4.78 is 39.8. The Kier molecular flexibility index (Phi) is 6.79. The van der Waals surface area contributed by atoms with Gasteiger partial charge in [0.15, 0.2) is 0 Å². The van der Waals surface area contributed by atoms with Gasteiger partial charge in [0.1, 0.15) is 0 Å². The van der Waals surface area contributed by atoms with E-state index in [-0.39, 0.29) is 18.3 Å². The lowest BCUT2D eigenvalue weighted by molar-refractivity contribution is -0.136. The summed E-state index contributed by atoms with van der Waals surface area (Å²) in [5, 5.41) is 13.0. The highest BCUT2D eigenvalue weighted by Crippen LogP contribution is 2.35. The van der Waals surface area contributed by atoms with Gasteiger partial charge in [0.25, 0.3) is 0 Å². The molecule has 0 spiro atoms. The average molecular weight is 406 g/mol. The molecule has 0 saturated heterocycles. The molecule has 29 heavy (non-hydrogen) atoms. The highest BCUT2D eigenvalue weighted by Gasteiger charge is 2.35. The smallest absolute Gasteiger partial charge is 0.387 e. The van der Waals surface area contributed by atoms with Gasteiger partial charge in [-0.25, -0.2) is 4.79 Å². The number of nitrogens with one attached hydrogen (secondary N) is 1. The Labute approximate surface area is 168 Å². The van der Waals surface area contributed by atoms with Crippen LogP contribution in [0, 0.1) is 0 Å². The number of anilines is 1. The Bertz CT molecular complexity index is 805. The molecule has 1 atom stereocenters. The Morgan fingerprint density at radius 2 is 1.66 bits per heavy atom. The fourth-order valence-corrected chi connectivity index (χ4v) is 3.78. The van der Waals surface area contributed by atoms with Crippen LogP contribution in [0.2, 0.25) is 0 Å². The molecule has 1 unspecified atom stereocenters. The minimum Gasteiger partial charge on any atom is -0.387 e. The molecule has 156 valence electrons. The van der Waals surface area contributed by atoms with E-state index >= 15 is 0 Å². The van der Waals surface area contributed by atoms with Crippen LogP contribution in [-0.4, -0.2) is 28.6 Å². The number of benzene rings is 2. The first-order valence-electron chi connectivity index (χ1n) is 9.83. The van der Waals surface area contributed by atoms with Crippen LogP contribution >= 0.6 is 0 Å². The number of carbonyl (C=O) groups excluding carboxylic acids is 1. The third kappa shape index (κ3) is 5.50. The largest absolute Gasteiger partial charge is 0.418 e. The highest BCUT2D eigenvalue weighted by atomic mass is 19.4. The fraction of sp³-hybridized carbons (Fsp3) is 0.409. The monoisotopic (exact) mass is 406 g/mol. The summed E-state index contributed by atoms with van der Waals surface area (Å²) in [5.74, 6) is 0. The number of carbonyl (C=O) groups is 1. The van der Waals surface area contributed by atoms with Gasteiger partial charge in [-0.1, -0.05) is 61.7 Å². The Hall–Kier alpha value is -2.54. The first kappa shape index (κ1) is 21.2. The van der Waals surface area contributed by atoms with Crippen molar-refractivity contribution in [1.29, 1.82) is 0 Å². The van der Waals surface area contributed by atoms with Crippen LogP contribution in [0.25, 0.3) is 0 Å². The van der Waals surface area contributed by atoms with E-state index in [0.29, 0.717) is 5.56 Å². The fourth-order valence-electron chi connectivity index (χ4n) is 3.78. The minimum atomic E-state index is -4.57. The number of para-hydroxylation sites is 1. The van der Waals surface area contributed by atoms with E-state index in [1.165, 1.54) is 23.1 Å². The normalized spacial score (nSPS) is 16.3. The summed E-state index contributed by atoms with van der Waals surface area (Å²) in [7, 11) is 0. The molecular formula is C22H25F3N2O2. The quantitative estimate of drug-likeness (QED) is 0.679. The average Bonchev–Trinajstić information content (AvgIpc) is 2.72. The maximum atomic E-state index is 13.3. The lowest BCUT2D eigenvalue weighted by atomic mass is 9.94. The zero-order chi connectivity index (χ0) is 20.9. The van der Waals surface area contributed by atoms with Crippen molar-refractivity contribution in [2.24, 2.45) is 0 Å². The number of hydrogen-bond donors (Lipinski definition) is 2. The second kappa shape index (κ2) is 9.31. The highest BCUT2D eigenvalue weighted by molar-refractivity contribution is 5.90. The molecule has 2 N–H and O–H groups in total. The summed E-state index contributed by atoms with van der Waals surface area (Å²) in [6.07, 6.45) is -0.954. The van der Waals surface area contributed by atoms with E-state index in [4.69, 9.17) is 0 Å². The predicted molar refractivity (Wildman–Crippen MR) is 105 cm³/mol. The Morgan fingerprint density at radius 1 is 1.03 bits per heavy atom. The Balaban J connectivity index is 1.81. The molecule has 1 saturated carbocycles. The minimum absolute atomic E-state index is 0.0225. The summed E-state index contributed by atoms with van der Waals surface area (Å²) in [4.78, 5) is 14.5. The second-order valence-corrected chi connectivity index (χ2v) is 7.34. The molecular weight excluding hydrogens is 381 g/mol. The van der Waals surface area contributed by atoms with E-state index < -0.39 is 23.9 Å². The number of rotatable bonds is 5. The lowest BCUT2D eigenvalue weighted by Gasteiger charge is -2.36. The molecule has 0 aliphatic heterocycles. The Morgan fingerprint density at radius 3 is 2.31 bits per heavy atom. The van der Waals surface area contributed by atoms with Gasteiger partial charge >= 0.3 is 12.2 Å². The number of aliphatic hydroxyl groups excluding tert-OH is 1. The number of urea groups is 1. The molecule has 0 aromatic heterocycles. The maximum Gasteiger partial charge on any atom is 0.418 e. The SMILES string of the molecule is O=C(Nc1ccccc1C(F)(F)F)N(CC(O)c1ccccc1)C1CCCCC1. The van der Waals surface area contributed by atoms with E-state index in [2.05, 4.69) is 5.32 Å². The first-order chi connectivity index (χ1) is 13.9.